The highest BCUT2D eigenvalue weighted by atomic mass is 19.1. The summed E-state index contributed by atoms with van der Waals surface area (Å²) in [4.78, 5) is 41.4. The Morgan fingerprint density at radius 1 is 1.13 bits per heavy atom. The van der Waals surface area contributed by atoms with Gasteiger partial charge in [-0.1, -0.05) is 0 Å². The Morgan fingerprint density at radius 2 is 1.84 bits per heavy atom. The van der Waals surface area contributed by atoms with E-state index in [1.165, 1.54) is 12.1 Å². The van der Waals surface area contributed by atoms with Crippen LogP contribution in [0.3, 0.4) is 0 Å². The number of primary amides is 1. The Balaban J connectivity index is 1.25. The molecule has 4 N–H and O–H groups in total. The third-order valence-corrected chi connectivity index (χ3v) is 6.93. The third kappa shape index (κ3) is 4.72. The van der Waals surface area contributed by atoms with Gasteiger partial charge in [0.2, 0.25) is 12.2 Å². The van der Waals surface area contributed by atoms with Crippen molar-refractivity contribution in [1.82, 2.24) is 19.9 Å². The van der Waals surface area contributed by atoms with Crippen molar-refractivity contribution in [3.63, 3.8) is 0 Å². The maximum absolute atomic E-state index is 13.6. The van der Waals surface area contributed by atoms with Crippen LogP contribution in [-0.4, -0.2) is 56.7 Å². The Labute approximate surface area is 217 Å². The Hall–Kier alpha value is -3.90. The highest BCUT2D eigenvalue weighted by Gasteiger charge is 2.55. The van der Waals surface area contributed by atoms with Crippen molar-refractivity contribution in [2.75, 3.05) is 18.5 Å². The number of carbonyl (C=O) groups is 2. The van der Waals surface area contributed by atoms with Crippen LogP contribution >= 0.6 is 0 Å². The fourth-order valence-electron chi connectivity index (χ4n) is 4.18. The second kappa shape index (κ2) is 9.14. The monoisotopic (exact) mass is 522 g/mol. The third-order valence-electron chi connectivity index (χ3n) is 6.93. The number of hydrogen-bond acceptors (Lipinski definition) is 9. The molecule has 2 saturated carbocycles. The number of ether oxygens (including phenoxy) is 3. The average Bonchev–Trinajstić information content (AvgIpc) is 3.84. The van der Waals surface area contributed by atoms with Crippen LogP contribution in [0.5, 0.6) is 0 Å². The van der Waals surface area contributed by atoms with Crippen molar-refractivity contribution in [2.24, 2.45) is 11.1 Å². The van der Waals surface area contributed by atoms with Crippen molar-refractivity contribution >= 4 is 17.8 Å². The molecule has 198 valence electrons. The number of halogens is 1. The van der Waals surface area contributed by atoms with E-state index in [0.29, 0.717) is 53.3 Å². The molecule has 0 atom stereocenters. The van der Waals surface area contributed by atoms with Crippen LogP contribution in [0.25, 0.3) is 22.6 Å². The normalized spacial score (nSPS) is 24.0. The summed E-state index contributed by atoms with van der Waals surface area (Å²) in [5.41, 5.74) is 5.43. The standard InChI is InChI=1S/C26H27FN6O5/c1-25(23(35)38-26(9-10-26)22(28)34)12-36-21(37-13-25)20-32-18(14-2-4-15(27)5-3-14)19(33-20)17-8-11-29-24(31-17)30-16-6-7-16/h2-5,8,11,16,21H,6-7,9-10,12-13H2,1H3,(H2,28,34)(H,32,33)(H,29,30,31). The first-order valence-electron chi connectivity index (χ1n) is 12.5. The topological polar surface area (TPSA) is 154 Å². The minimum atomic E-state index is -1.22. The van der Waals surface area contributed by atoms with E-state index in [1.54, 1.807) is 31.3 Å². The van der Waals surface area contributed by atoms with E-state index in [0.717, 1.165) is 12.8 Å². The van der Waals surface area contributed by atoms with Gasteiger partial charge in [0.1, 0.15) is 11.2 Å². The number of benzene rings is 1. The number of nitrogens with zero attached hydrogens (tertiary/aromatic N) is 3. The second-order valence-electron chi connectivity index (χ2n) is 10.3. The number of nitrogens with one attached hydrogen (secondary N) is 2. The lowest BCUT2D eigenvalue weighted by molar-refractivity contribution is -0.240. The minimum absolute atomic E-state index is 0.0176. The summed E-state index contributed by atoms with van der Waals surface area (Å²) >= 11 is 0. The number of carbonyl (C=O) groups excluding carboxylic acids is 2. The van der Waals surface area contributed by atoms with Crippen molar-refractivity contribution in [3.05, 3.63) is 48.2 Å². The molecule has 0 radical (unpaired) electrons. The first-order chi connectivity index (χ1) is 18.2. The van der Waals surface area contributed by atoms with Crippen molar-refractivity contribution in [3.8, 4) is 22.6 Å². The van der Waals surface area contributed by atoms with E-state index < -0.39 is 29.2 Å². The van der Waals surface area contributed by atoms with Gasteiger partial charge in [0, 0.05) is 30.6 Å². The van der Waals surface area contributed by atoms with Crippen LogP contribution in [0, 0.1) is 11.2 Å². The van der Waals surface area contributed by atoms with Gasteiger partial charge in [-0.25, -0.2) is 19.3 Å². The molecule has 1 saturated heterocycles. The summed E-state index contributed by atoms with van der Waals surface area (Å²) in [7, 11) is 0. The van der Waals surface area contributed by atoms with E-state index in [2.05, 4.69) is 20.3 Å². The predicted octanol–water partition coefficient (Wildman–Crippen LogP) is 2.86. The highest BCUT2D eigenvalue weighted by molar-refractivity contribution is 5.90. The largest absolute Gasteiger partial charge is 0.448 e. The van der Waals surface area contributed by atoms with Gasteiger partial charge in [0.05, 0.1) is 30.3 Å². The number of aromatic nitrogens is 4. The highest BCUT2D eigenvalue weighted by Crippen LogP contribution is 2.42. The Morgan fingerprint density at radius 3 is 2.47 bits per heavy atom. The average molecular weight is 523 g/mol. The first kappa shape index (κ1) is 24.4. The van der Waals surface area contributed by atoms with Gasteiger partial charge in [-0.2, -0.15) is 0 Å². The molecule has 2 aliphatic carbocycles. The van der Waals surface area contributed by atoms with Crippen LogP contribution < -0.4 is 11.1 Å². The first-order valence-corrected chi connectivity index (χ1v) is 12.5. The number of hydrogen-bond donors (Lipinski definition) is 3. The quantitative estimate of drug-likeness (QED) is 0.379. The van der Waals surface area contributed by atoms with Gasteiger partial charge >= 0.3 is 5.97 Å². The molecule has 3 aromatic rings. The second-order valence-corrected chi connectivity index (χ2v) is 10.3. The lowest BCUT2D eigenvalue weighted by atomic mass is 9.92. The molecule has 1 amide bonds. The predicted molar refractivity (Wildman–Crippen MR) is 132 cm³/mol. The number of imidazole rings is 1. The number of amides is 1. The number of rotatable bonds is 8. The zero-order chi connectivity index (χ0) is 26.5. The van der Waals surface area contributed by atoms with Crippen molar-refractivity contribution in [1.29, 1.82) is 0 Å². The van der Waals surface area contributed by atoms with Crippen LogP contribution in [-0.2, 0) is 23.8 Å². The molecule has 3 fully saturated rings. The van der Waals surface area contributed by atoms with Gasteiger partial charge in [-0.15, -0.1) is 0 Å². The number of nitrogens with two attached hydrogens (primary N) is 1. The lowest BCUT2D eigenvalue weighted by Crippen LogP contribution is -2.47. The Bertz CT molecular complexity index is 1380. The molecule has 6 rings (SSSR count). The molecule has 38 heavy (non-hydrogen) atoms. The molecular formula is C26H27FN6O5. The number of esters is 1. The summed E-state index contributed by atoms with van der Waals surface area (Å²) in [5.74, 6) is -0.743. The molecule has 11 nitrogen and oxygen atoms in total. The van der Waals surface area contributed by atoms with Crippen molar-refractivity contribution in [2.45, 2.75) is 50.5 Å². The van der Waals surface area contributed by atoms with E-state index >= 15 is 0 Å². The van der Waals surface area contributed by atoms with Crippen LogP contribution in [0.15, 0.2) is 36.5 Å². The molecule has 0 spiro atoms. The van der Waals surface area contributed by atoms with Gasteiger partial charge in [0.15, 0.2) is 11.4 Å². The maximum Gasteiger partial charge on any atom is 0.317 e. The van der Waals surface area contributed by atoms with Crippen LogP contribution in [0.2, 0.25) is 0 Å². The van der Waals surface area contributed by atoms with E-state index in [9.17, 15) is 14.0 Å². The Kier molecular flexibility index (Phi) is 5.88. The number of H-pyrrole nitrogens is 1. The molecule has 3 heterocycles. The van der Waals surface area contributed by atoms with Gasteiger partial charge in [-0.05, 0) is 50.1 Å². The summed E-state index contributed by atoms with van der Waals surface area (Å²) in [6.45, 7) is 1.61. The van der Waals surface area contributed by atoms with E-state index in [4.69, 9.17) is 24.9 Å². The summed E-state index contributed by atoms with van der Waals surface area (Å²) in [6.07, 6.45) is 3.74. The zero-order valence-electron chi connectivity index (χ0n) is 20.7. The summed E-state index contributed by atoms with van der Waals surface area (Å²) < 4.78 is 30.9. The van der Waals surface area contributed by atoms with Crippen molar-refractivity contribution < 1.29 is 28.2 Å². The number of aromatic amines is 1. The molecular weight excluding hydrogens is 495 g/mol. The molecule has 0 bridgehead atoms. The van der Waals surface area contributed by atoms with Crippen LogP contribution in [0.1, 0.15) is 44.7 Å². The number of anilines is 1. The van der Waals surface area contributed by atoms with Gasteiger partial charge < -0.3 is 30.2 Å². The fourth-order valence-corrected chi connectivity index (χ4v) is 4.18. The van der Waals surface area contributed by atoms with E-state index in [1.807, 2.05) is 0 Å². The molecule has 2 aromatic heterocycles. The maximum atomic E-state index is 13.6. The SMILES string of the molecule is CC1(C(=O)OC2(C(N)=O)CC2)COC(c2nc(-c3ccc(F)cc3)c(-c3ccnc(NC4CC4)n3)[nH]2)OC1. The lowest BCUT2D eigenvalue weighted by Gasteiger charge is -2.35. The molecule has 12 heteroatoms. The minimum Gasteiger partial charge on any atom is -0.448 e. The zero-order valence-corrected chi connectivity index (χ0v) is 20.7. The van der Waals surface area contributed by atoms with Gasteiger partial charge in [0.25, 0.3) is 5.91 Å². The summed E-state index contributed by atoms with van der Waals surface area (Å²) in [6, 6.07) is 8.11. The van der Waals surface area contributed by atoms with Gasteiger partial charge in [-0.3, -0.25) is 9.59 Å². The molecule has 3 aliphatic rings. The molecule has 1 aromatic carbocycles. The smallest absolute Gasteiger partial charge is 0.317 e. The summed E-state index contributed by atoms with van der Waals surface area (Å²) in [5, 5.41) is 3.28. The van der Waals surface area contributed by atoms with E-state index in [-0.39, 0.29) is 19.0 Å². The van der Waals surface area contributed by atoms with Crippen LogP contribution in [0.4, 0.5) is 10.3 Å². The fraction of sp³-hybridized carbons (Fsp3) is 0.423. The molecule has 0 unspecified atom stereocenters. The molecule has 1 aliphatic heterocycles.